The number of quaternary nitrogens is 1. The topological polar surface area (TPSA) is 52.2 Å². The second kappa shape index (κ2) is 6.74. The molecule has 1 aromatic carbocycles. The molecule has 2 aromatic heterocycles. The molecule has 0 aliphatic carbocycles. The summed E-state index contributed by atoms with van der Waals surface area (Å²) in [6, 6.07) is 14.8. The Balaban J connectivity index is 1.44. The van der Waals surface area contributed by atoms with E-state index in [9.17, 15) is 4.79 Å². The quantitative estimate of drug-likeness (QED) is 0.771. The van der Waals surface area contributed by atoms with Crippen molar-refractivity contribution in [1.82, 2.24) is 14.5 Å². The summed E-state index contributed by atoms with van der Waals surface area (Å²) in [5.41, 5.74) is 4.19. The van der Waals surface area contributed by atoms with Gasteiger partial charge in [-0.25, -0.2) is 9.97 Å². The Morgan fingerprint density at radius 3 is 2.67 bits per heavy atom. The number of hydrogen-bond donors (Lipinski definition) is 1. The molecule has 5 rings (SSSR count). The summed E-state index contributed by atoms with van der Waals surface area (Å²) in [5.74, 6) is 1.03. The van der Waals surface area contributed by atoms with Gasteiger partial charge in [0.25, 0.3) is 5.56 Å². The van der Waals surface area contributed by atoms with E-state index in [0.29, 0.717) is 17.4 Å². The molecule has 3 aromatic rings. The molecule has 0 amide bonds. The zero-order valence-electron chi connectivity index (χ0n) is 15.2. The summed E-state index contributed by atoms with van der Waals surface area (Å²) in [6.45, 7) is 4.12. The Morgan fingerprint density at radius 1 is 1.04 bits per heavy atom. The molecule has 0 radical (unpaired) electrons. The smallest absolute Gasteiger partial charge is 0.258 e. The Labute approximate surface area is 158 Å². The fraction of sp³-hybridized carbons (Fsp3) is 0.318. The monoisotopic (exact) mass is 359 g/mol. The molecule has 1 unspecified atom stereocenters. The maximum atomic E-state index is 13.1. The molecular weight excluding hydrogens is 336 g/mol. The van der Waals surface area contributed by atoms with E-state index in [1.165, 1.54) is 24.0 Å². The molecule has 5 nitrogen and oxygen atoms in total. The molecule has 136 valence electrons. The molecule has 1 saturated heterocycles. The third-order valence-electron chi connectivity index (χ3n) is 5.97. The van der Waals surface area contributed by atoms with Crippen molar-refractivity contribution in [2.75, 3.05) is 13.1 Å². The average molecular weight is 359 g/mol. The Kier molecular flexibility index (Phi) is 4.09. The first-order valence-electron chi connectivity index (χ1n) is 9.64. The van der Waals surface area contributed by atoms with Gasteiger partial charge in [-0.2, -0.15) is 0 Å². The lowest BCUT2D eigenvalue weighted by atomic mass is 9.82. The molecule has 0 saturated carbocycles. The van der Waals surface area contributed by atoms with E-state index in [4.69, 9.17) is 0 Å². The van der Waals surface area contributed by atoms with Crippen LogP contribution in [0.1, 0.15) is 23.6 Å². The van der Waals surface area contributed by atoms with Crippen LogP contribution in [0.2, 0.25) is 0 Å². The second-order valence-corrected chi connectivity index (χ2v) is 7.83. The van der Waals surface area contributed by atoms with E-state index < -0.39 is 0 Å². The van der Waals surface area contributed by atoms with Gasteiger partial charge in [0.05, 0.1) is 18.7 Å². The van der Waals surface area contributed by atoms with Crippen LogP contribution >= 0.6 is 0 Å². The highest BCUT2D eigenvalue weighted by atomic mass is 16.1. The SMILES string of the molecule is O=c1c(-c2cncnc2)ccc2n1C[C@H]1C[C@@H]2C[NH+](Cc2ccccc2)C1. The lowest BCUT2D eigenvalue weighted by Gasteiger charge is -2.40. The summed E-state index contributed by atoms with van der Waals surface area (Å²) < 4.78 is 2.01. The molecule has 4 heterocycles. The first-order valence-corrected chi connectivity index (χ1v) is 9.64. The van der Waals surface area contributed by atoms with E-state index in [2.05, 4.69) is 46.4 Å². The maximum absolute atomic E-state index is 13.1. The predicted octanol–water partition coefficient (Wildman–Crippen LogP) is 1.51. The Hall–Kier alpha value is -2.79. The largest absolute Gasteiger partial charge is 0.330 e. The van der Waals surface area contributed by atoms with Crippen molar-refractivity contribution in [2.45, 2.75) is 25.4 Å². The van der Waals surface area contributed by atoms with Crippen molar-refractivity contribution >= 4 is 0 Å². The minimum Gasteiger partial charge on any atom is -0.330 e. The van der Waals surface area contributed by atoms with Gasteiger partial charge in [-0.3, -0.25) is 4.79 Å². The lowest BCUT2D eigenvalue weighted by Crippen LogP contribution is -3.13. The van der Waals surface area contributed by atoms with Crippen molar-refractivity contribution in [3.8, 4) is 11.1 Å². The highest BCUT2D eigenvalue weighted by Gasteiger charge is 2.37. The number of benzene rings is 1. The van der Waals surface area contributed by atoms with E-state index in [0.717, 1.165) is 31.7 Å². The van der Waals surface area contributed by atoms with Crippen molar-refractivity contribution in [3.63, 3.8) is 0 Å². The summed E-state index contributed by atoms with van der Waals surface area (Å²) in [5, 5.41) is 0. The number of nitrogens with zero attached hydrogens (tertiary/aromatic N) is 3. The number of nitrogens with one attached hydrogen (secondary N) is 1. The van der Waals surface area contributed by atoms with Crippen LogP contribution in [0.4, 0.5) is 0 Å². The minimum absolute atomic E-state index is 0.100. The molecule has 0 spiro atoms. The summed E-state index contributed by atoms with van der Waals surface area (Å²) in [7, 11) is 0. The van der Waals surface area contributed by atoms with E-state index >= 15 is 0 Å². The highest BCUT2D eigenvalue weighted by molar-refractivity contribution is 5.60. The number of aromatic nitrogens is 3. The zero-order valence-corrected chi connectivity index (χ0v) is 15.2. The molecule has 27 heavy (non-hydrogen) atoms. The molecule has 2 bridgehead atoms. The van der Waals surface area contributed by atoms with E-state index in [-0.39, 0.29) is 5.56 Å². The van der Waals surface area contributed by atoms with Gasteiger partial charge in [0.2, 0.25) is 0 Å². The molecule has 3 atom stereocenters. The number of piperidine rings is 1. The van der Waals surface area contributed by atoms with Crippen LogP contribution in [0.15, 0.2) is 66.0 Å². The minimum atomic E-state index is 0.100. The average Bonchev–Trinajstić information content (AvgIpc) is 2.70. The first-order chi connectivity index (χ1) is 13.3. The molecule has 2 aliphatic heterocycles. The van der Waals surface area contributed by atoms with E-state index in [1.54, 1.807) is 17.3 Å². The fourth-order valence-corrected chi connectivity index (χ4v) is 4.86. The number of fused-ring (bicyclic) bond motifs is 4. The standard InChI is InChI=1S/C22H22N4O/c27-22-20(19-9-23-15-24-10-19)6-7-21-18-8-17(13-26(21)22)12-25(14-18)11-16-4-2-1-3-5-16/h1-7,9-10,15,17-18H,8,11-14H2/p+1/t17-,18+/m0/s1. The lowest BCUT2D eigenvalue weighted by molar-refractivity contribution is -0.924. The van der Waals surface area contributed by atoms with Crippen LogP contribution < -0.4 is 10.5 Å². The van der Waals surface area contributed by atoms with Crippen molar-refractivity contribution in [1.29, 1.82) is 0 Å². The fourth-order valence-electron chi connectivity index (χ4n) is 4.86. The third kappa shape index (κ3) is 3.08. The number of pyridine rings is 1. The molecule has 2 aliphatic rings. The molecule has 5 heteroatoms. The van der Waals surface area contributed by atoms with Crippen molar-refractivity contribution < 1.29 is 4.90 Å². The normalized spacial score (nSPS) is 23.6. The van der Waals surface area contributed by atoms with E-state index in [1.807, 2.05) is 10.6 Å². The van der Waals surface area contributed by atoms with Gasteiger partial charge in [0.1, 0.15) is 12.9 Å². The van der Waals surface area contributed by atoms with Gasteiger partial charge in [-0.1, -0.05) is 30.3 Å². The second-order valence-electron chi connectivity index (χ2n) is 7.83. The van der Waals surface area contributed by atoms with Gasteiger partial charge in [0.15, 0.2) is 0 Å². The first kappa shape index (κ1) is 16.4. The van der Waals surface area contributed by atoms with Crippen LogP contribution in [-0.4, -0.2) is 27.6 Å². The Bertz CT molecular complexity index is 1000. The predicted molar refractivity (Wildman–Crippen MR) is 103 cm³/mol. The number of likely N-dealkylation sites (tertiary alicyclic amines) is 1. The van der Waals surface area contributed by atoms with Crippen LogP contribution in [0, 0.1) is 5.92 Å². The van der Waals surface area contributed by atoms with Crippen molar-refractivity contribution in [2.24, 2.45) is 5.92 Å². The zero-order chi connectivity index (χ0) is 18.2. The summed E-state index contributed by atoms with van der Waals surface area (Å²) in [6.07, 6.45) is 6.12. The highest BCUT2D eigenvalue weighted by Crippen LogP contribution is 2.31. The molecule has 1 fully saturated rings. The van der Waals surface area contributed by atoms with Gasteiger partial charge < -0.3 is 9.47 Å². The van der Waals surface area contributed by atoms with Crippen molar-refractivity contribution in [3.05, 3.63) is 82.8 Å². The summed E-state index contributed by atoms with van der Waals surface area (Å²) >= 11 is 0. The molecule has 1 N–H and O–H groups in total. The van der Waals surface area contributed by atoms with Gasteiger partial charge in [0, 0.05) is 47.6 Å². The van der Waals surface area contributed by atoms with Gasteiger partial charge in [-0.15, -0.1) is 0 Å². The van der Waals surface area contributed by atoms with Crippen LogP contribution in [0.25, 0.3) is 11.1 Å². The maximum Gasteiger partial charge on any atom is 0.258 e. The van der Waals surface area contributed by atoms with Crippen LogP contribution in [-0.2, 0) is 13.1 Å². The third-order valence-corrected chi connectivity index (χ3v) is 5.97. The Morgan fingerprint density at radius 2 is 1.85 bits per heavy atom. The molecular formula is C22H23N4O+. The number of rotatable bonds is 3. The van der Waals surface area contributed by atoms with Crippen LogP contribution in [0.3, 0.4) is 0 Å². The van der Waals surface area contributed by atoms with Crippen LogP contribution in [0.5, 0.6) is 0 Å². The van der Waals surface area contributed by atoms with Gasteiger partial charge >= 0.3 is 0 Å². The summed E-state index contributed by atoms with van der Waals surface area (Å²) in [4.78, 5) is 22.9. The number of hydrogen-bond acceptors (Lipinski definition) is 3. The van der Waals surface area contributed by atoms with Gasteiger partial charge in [-0.05, 0) is 18.6 Å².